The van der Waals surface area contributed by atoms with Crippen LogP contribution >= 0.6 is 0 Å². The molecule has 1 atom stereocenters. The Balaban J connectivity index is 1.29. The van der Waals surface area contributed by atoms with Crippen molar-refractivity contribution in [1.29, 1.82) is 0 Å². The minimum absolute atomic E-state index is 0.141. The van der Waals surface area contributed by atoms with E-state index in [0.717, 1.165) is 67.1 Å². The molecule has 1 aromatic carbocycles. The number of carbonyl (C=O) groups is 1. The number of aryl methyl sites for hydroxylation is 1. The topological polar surface area (TPSA) is 89.7 Å². The number of rotatable bonds is 2. The lowest BCUT2D eigenvalue weighted by Gasteiger charge is -2.34. The highest BCUT2D eigenvalue weighted by molar-refractivity contribution is 5.83. The smallest absolute Gasteiger partial charge is 0.246 e. The minimum atomic E-state index is -0.314. The summed E-state index contributed by atoms with van der Waals surface area (Å²) in [5, 5.41) is 3.33. The Morgan fingerprint density at radius 3 is 2.93 bits per heavy atom. The molecule has 1 fully saturated rings. The Morgan fingerprint density at radius 2 is 2.11 bits per heavy atom. The first kappa shape index (κ1) is 16.5. The Hall–Kier alpha value is -2.67. The highest BCUT2D eigenvalue weighted by Crippen LogP contribution is 2.30. The fourth-order valence-electron chi connectivity index (χ4n) is 4.37. The van der Waals surface area contributed by atoms with E-state index in [9.17, 15) is 4.79 Å². The molecule has 0 spiro atoms. The van der Waals surface area contributed by atoms with E-state index >= 15 is 0 Å². The molecule has 1 saturated heterocycles. The van der Waals surface area contributed by atoms with Crippen molar-refractivity contribution in [2.45, 2.75) is 38.1 Å². The van der Waals surface area contributed by atoms with Crippen molar-refractivity contribution >= 4 is 16.9 Å². The van der Waals surface area contributed by atoms with Gasteiger partial charge in [0.2, 0.25) is 5.91 Å². The largest absolute Gasteiger partial charge is 0.348 e. The van der Waals surface area contributed by atoms with Crippen molar-refractivity contribution in [2.24, 2.45) is 0 Å². The summed E-state index contributed by atoms with van der Waals surface area (Å²) in [6, 6.07) is 5.91. The maximum absolute atomic E-state index is 13.0. The Labute approximate surface area is 157 Å². The number of piperidine rings is 1. The number of para-hydroxylation sites is 1. The number of hydrogen-bond donors (Lipinski definition) is 3. The van der Waals surface area contributed by atoms with Crippen LogP contribution < -0.4 is 5.32 Å². The van der Waals surface area contributed by atoms with Crippen molar-refractivity contribution in [1.82, 2.24) is 30.2 Å². The van der Waals surface area contributed by atoms with E-state index in [-0.39, 0.29) is 11.9 Å². The number of aromatic nitrogens is 4. The second-order valence-corrected chi connectivity index (χ2v) is 7.60. The fraction of sp³-hybridized carbons (Fsp3) is 0.450. The fourth-order valence-corrected chi connectivity index (χ4v) is 4.37. The van der Waals surface area contributed by atoms with Gasteiger partial charge in [0.1, 0.15) is 11.9 Å². The quantitative estimate of drug-likeness (QED) is 0.650. The van der Waals surface area contributed by atoms with Crippen LogP contribution in [0.5, 0.6) is 0 Å². The SMILES string of the molecule is Cc1cccc2[nH]c(C3CCN(C(=O)[C@@H]4NCCc5[nH]cnc54)CC3)nc12. The molecule has 1 amide bonds. The molecule has 0 saturated carbocycles. The molecule has 0 unspecified atom stereocenters. The Kier molecular flexibility index (Phi) is 3.97. The molecule has 0 bridgehead atoms. The monoisotopic (exact) mass is 364 g/mol. The maximum atomic E-state index is 13.0. The predicted octanol–water partition coefficient (Wildman–Crippen LogP) is 2.19. The molecule has 0 radical (unpaired) electrons. The van der Waals surface area contributed by atoms with Crippen LogP contribution in [-0.2, 0) is 11.2 Å². The molecule has 3 N–H and O–H groups in total. The Morgan fingerprint density at radius 1 is 1.26 bits per heavy atom. The molecule has 2 aromatic heterocycles. The first-order chi connectivity index (χ1) is 13.2. The lowest BCUT2D eigenvalue weighted by Crippen LogP contribution is -2.46. The average Bonchev–Trinajstić information content (AvgIpc) is 3.35. The molecule has 27 heavy (non-hydrogen) atoms. The number of H-pyrrole nitrogens is 2. The van der Waals surface area contributed by atoms with E-state index in [4.69, 9.17) is 4.98 Å². The summed E-state index contributed by atoms with van der Waals surface area (Å²) in [4.78, 5) is 30.8. The van der Waals surface area contributed by atoms with E-state index in [0.29, 0.717) is 5.92 Å². The predicted molar refractivity (Wildman–Crippen MR) is 102 cm³/mol. The number of nitrogens with one attached hydrogen (secondary N) is 3. The molecule has 4 heterocycles. The van der Waals surface area contributed by atoms with Crippen LogP contribution in [0.15, 0.2) is 24.5 Å². The molecule has 7 nitrogen and oxygen atoms in total. The van der Waals surface area contributed by atoms with Crippen molar-refractivity contribution < 1.29 is 4.79 Å². The van der Waals surface area contributed by atoms with E-state index in [1.807, 2.05) is 4.90 Å². The number of carbonyl (C=O) groups excluding carboxylic acids is 1. The summed E-state index contributed by atoms with van der Waals surface area (Å²) in [6.45, 7) is 4.42. The third-order valence-corrected chi connectivity index (χ3v) is 5.92. The second-order valence-electron chi connectivity index (χ2n) is 7.60. The highest BCUT2D eigenvalue weighted by atomic mass is 16.2. The van der Waals surface area contributed by atoms with E-state index in [2.05, 4.69) is 45.4 Å². The van der Waals surface area contributed by atoms with Gasteiger partial charge in [-0.2, -0.15) is 0 Å². The van der Waals surface area contributed by atoms with Crippen molar-refractivity contribution in [2.75, 3.05) is 19.6 Å². The number of hydrogen-bond acceptors (Lipinski definition) is 4. The summed E-state index contributed by atoms with van der Waals surface area (Å²) in [6.07, 6.45) is 4.45. The van der Waals surface area contributed by atoms with Gasteiger partial charge in [0.25, 0.3) is 0 Å². The zero-order valence-electron chi connectivity index (χ0n) is 15.5. The third-order valence-electron chi connectivity index (χ3n) is 5.92. The normalized spacial score (nSPS) is 20.8. The van der Waals surface area contributed by atoms with Gasteiger partial charge in [-0.25, -0.2) is 9.97 Å². The lowest BCUT2D eigenvalue weighted by molar-refractivity contribution is -0.135. The van der Waals surface area contributed by atoms with Crippen molar-refractivity contribution in [3.05, 3.63) is 47.3 Å². The number of likely N-dealkylation sites (tertiary alicyclic amines) is 1. The van der Waals surface area contributed by atoms with Crippen LogP contribution in [0.1, 0.15) is 47.6 Å². The molecule has 2 aliphatic rings. The highest BCUT2D eigenvalue weighted by Gasteiger charge is 2.34. The number of aromatic amines is 2. The second kappa shape index (κ2) is 6.49. The van der Waals surface area contributed by atoms with Gasteiger partial charge in [0.05, 0.1) is 23.1 Å². The summed E-state index contributed by atoms with van der Waals surface area (Å²) >= 11 is 0. The van der Waals surface area contributed by atoms with Gasteiger partial charge in [-0.05, 0) is 31.4 Å². The van der Waals surface area contributed by atoms with E-state index < -0.39 is 0 Å². The van der Waals surface area contributed by atoms with Crippen LogP contribution in [-0.4, -0.2) is 50.4 Å². The van der Waals surface area contributed by atoms with Crippen LogP contribution in [0.3, 0.4) is 0 Å². The van der Waals surface area contributed by atoms with Crippen molar-refractivity contribution in [3.8, 4) is 0 Å². The average molecular weight is 364 g/mol. The zero-order chi connectivity index (χ0) is 18.4. The summed E-state index contributed by atoms with van der Waals surface area (Å²) in [5.74, 6) is 1.57. The lowest BCUT2D eigenvalue weighted by atomic mass is 9.95. The minimum Gasteiger partial charge on any atom is -0.348 e. The molecule has 5 rings (SSSR count). The van der Waals surface area contributed by atoms with Gasteiger partial charge in [-0.15, -0.1) is 0 Å². The first-order valence-corrected chi connectivity index (χ1v) is 9.70. The number of amides is 1. The summed E-state index contributed by atoms with van der Waals surface area (Å²) in [7, 11) is 0. The number of imidazole rings is 2. The van der Waals surface area contributed by atoms with Crippen LogP contribution in [0, 0.1) is 6.92 Å². The van der Waals surface area contributed by atoms with Gasteiger partial charge in [-0.3, -0.25) is 4.79 Å². The van der Waals surface area contributed by atoms with E-state index in [1.54, 1.807) is 6.33 Å². The third kappa shape index (κ3) is 2.82. The van der Waals surface area contributed by atoms with Crippen molar-refractivity contribution in [3.63, 3.8) is 0 Å². The van der Waals surface area contributed by atoms with Gasteiger partial charge < -0.3 is 20.2 Å². The van der Waals surface area contributed by atoms with Gasteiger partial charge in [0.15, 0.2) is 0 Å². The van der Waals surface area contributed by atoms with E-state index in [1.165, 1.54) is 5.56 Å². The number of fused-ring (bicyclic) bond motifs is 2. The van der Waals surface area contributed by atoms with Crippen LogP contribution in [0.25, 0.3) is 11.0 Å². The molecule has 7 heteroatoms. The Bertz CT molecular complexity index is 981. The zero-order valence-corrected chi connectivity index (χ0v) is 15.5. The number of nitrogens with zero attached hydrogens (tertiary/aromatic N) is 3. The number of benzene rings is 1. The van der Waals surface area contributed by atoms with Gasteiger partial charge in [-0.1, -0.05) is 12.1 Å². The molecule has 140 valence electrons. The summed E-state index contributed by atoms with van der Waals surface area (Å²) in [5.41, 5.74) is 5.30. The summed E-state index contributed by atoms with van der Waals surface area (Å²) < 4.78 is 0. The van der Waals surface area contributed by atoms with Crippen LogP contribution in [0.4, 0.5) is 0 Å². The van der Waals surface area contributed by atoms with Gasteiger partial charge >= 0.3 is 0 Å². The standard InChI is InChI=1S/C20H24N6O/c1-12-3-2-4-15-16(12)25-19(24-15)13-6-9-26(10-7-13)20(27)18-17-14(5-8-21-18)22-11-23-17/h2-4,11,13,18,21H,5-10H2,1H3,(H,22,23)(H,24,25)/t18-/m1/s1. The maximum Gasteiger partial charge on any atom is 0.246 e. The molecular weight excluding hydrogens is 340 g/mol. The van der Waals surface area contributed by atoms with Crippen LogP contribution in [0.2, 0.25) is 0 Å². The molecule has 0 aliphatic carbocycles. The molecule has 2 aliphatic heterocycles. The molecular formula is C20H24N6O. The first-order valence-electron chi connectivity index (χ1n) is 9.70. The van der Waals surface area contributed by atoms with Gasteiger partial charge in [0, 0.05) is 37.7 Å². The molecule has 3 aromatic rings.